The molecular weight excluding hydrogens is 240 g/mol. The van der Waals surface area contributed by atoms with Crippen molar-refractivity contribution in [3.8, 4) is 0 Å². The Kier molecular flexibility index (Phi) is 5.64. The van der Waals surface area contributed by atoms with Crippen molar-refractivity contribution < 1.29 is 9.90 Å². The molecule has 0 aromatic heterocycles. The first-order valence-electron chi connectivity index (χ1n) is 7.90. The molecule has 0 spiro atoms. The van der Waals surface area contributed by atoms with Gasteiger partial charge in [-0.1, -0.05) is 19.3 Å². The molecule has 0 aliphatic heterocycles. The van der Waals surface area contributed by atoms with Crippen molar-refractivity contribution in [2.24, 2.45) is 0 Å². The van der Waals surface area contributed by atoms with Gasteiger partial charge in [-0.25, -0.2) is 0 Å². The van der Waals surface area contributed by atoms with Gasteiger partial charge in [-0.3, -0.25) is 9.69 Å². The van der Waals surface area contributed by atoms with Crippen molar-refractivity contribution in [2.45, 2.75) is 64.0 Å². The maximum Gasteiger partial charge on any atom is 0.236 e. The number of aliphatic hydroxyl groups excluding tert-OH is 1. The van der Waals surface area contributed by atoms with E-state index >= 15 is 0 Å². The summed E-state index contributed by atoms with van der Waals surface area (Å²) >= 11 is 0. The van der Waals surface area contributed by atoms with Gasteiger partial charge in [0.25, 0.3) is 0 Å². The SMILES string of the molecule is CCN(C(=O)CN(CCO)C1CCCCC1)C1CC1. The smallest absolute Gasteiger partial charge is 0.236 e. The van der Waals surface area contributed by atoms with Crippen molar-refractivity contribution in [3.63, 3.8) is 0 Å². The number of likely N-dealkylation sites (N-methyl/N-ethyl adjacent to an activating group) is 1. The first kappa shape index (κ1) is 14.8. The molecule has 110 valence electrons. The van der Waals surface area contributed by atoms with E-state index in [1.165, 1.54) is 44.9 Å². The summed E-state index contributed by atoms with van der Waals surface area (Å²) in [5, 5.41) is 9.23. The number of amides is 1. The normalized spacial score (nSPS) is 20.8. The molecule has 0 heterocycles. The Bertz CT molecular complexity index is 286. The molecule has 2 saturated carbocycles. The monoisotopic (exact) mass is 268 g/mol. The summed E-state index contributed by atoms with van der Waals surface area (Å²) in [5.74, 6) is 0.254. The highest BCUT2D eigenvalue weighted by Crippen LogP contribution is 2.27. The Hall–Kier alpha value is -0.610. The average Bonchev–Trinajstić information content (AvgIpc) is 3.25. The number of hydrogen-bond donors (Lipinski definition) is 1. The first-order chi connectivity index (χ1) is 9.26. The van der Waals surface area contributed by atoms with Gasteiger partial charge in [-0.15, -0.1) is 0 Å². The number of aliphatic hydroxyl groups is 1. The molecular formula is C15H28N2O2. The number of nitrogens with zero attached hydrogens (tertiary/aromatic N) is 2. The van der Waals surface area contributed by atoms with Crippen molar-refractivity contribution in [3.05, 3.63) is 0 Å². The zero-order valence-electron chi connectivity index (χ0n) is 12.2. The molecule has 0 aromatic carbocycles. The zero-order valence-corrected chi connectivity index (χ0v) is 12.2. The van der Waals surface area contributed by atoms with Crippen molar-refractivity contribution in [1.82, 2.24) is 9.80 Å². The van der Waals surface area contributed by atoms with Crippen LogP contribution < -0.4 is 0 Å². The van der Waals surface area contributed by atoms with Crippen LogP contribution in [-0.2, 0) is 4.79 Å². The van der Waals surface area contributed by atoms with Crippen LogP contribution in [0.2, 0.25) is 0 Å². The maximum absolute atomic E-state index is 12.4. The van der Waals surface area contributed by atoms with Gasteiger partial charge in [0.2, 0.25) is 5.91 Å². The second-order valence-corrected chi connectivity index (χ2v) is 5.90. The van der Waals surface area contributed by atoms with E-state index in [1.54, 1.807) is 0 Å². The summed E-state index contributed by atoms with van der Waals surface area (Å²) in [4.78, 5) is 16.6. The fourth-order valence-corrected chi connectivity index (χ4v) is 3.25. The van der Waals surface area contributed by atoms with E-state index < -0.39 is 0 Å². The molecule has 4 nitrogen and oxygen atoms in total. The standard InChI is InChI=1S/C15H28N2O2/c1-2-17(14-8-9-14)15(19)12-16(10-11-18)13-6-4-3-5-7-13/h13-14,18H,2-12H2,1H3. The third kappa shape index (κ3) is 4.18. The van der Waals surface area contributed by atoms with E-state index in [4.69, 9.17) is 0 Å². The molecule has 0 saturated heterocycles. The van der Waals surface area contributed by atoms with Crippen LogP contribution in [0.4, 0.5) is 0 Å². The summed E-state index contributed by atoms with van der Waals surface area (Å²) in [6, 6.07) is 1.00. The Morgan fingerprint density at radius 3 is 2.32 bits per heavy atom. The van der Waals surface area contributed by atoms with Gasteiger partial charge in [0.05, 0.1) is 13.2 Å². The lowest BCUT2D eigenvalue weighted by Gasteiger charge is -2.34. The Labute approximate surface area is 116 Å². The molecule has 1 amide bonds. The largest absolute Gasteiger partial charge is 0.395 e. The van der Waals surface area contributed by atoms with Crippen LogP contribution in [0.25, 0.3) is 0 Å². The fourth-order valence-electron chi connectivity index (χ4n) is 3.25. The second kappa shape index (κ2) is 7.25. The van der Waals surface area contributed by atoms with Gasteiger partial charge in [-0.05, 0) is 32.6 Å². The fraction of sp³-hybridized carbons (Fsp3) is 0.933. The minimum absolute atomic E-state index is 0.152. The van der Waals surface area contributed by atoms with Crippen LogP contribution >= 0.6 is 0 Å². The third-order valence-electron chi connectivity index (χ3n) is 4.47. The summed E-state index contributed by atoms with van der Waals surface area (Å²) in [6.45, 7) is 4.17. The highest BCUT2D eigenvalue weighted by atomic mass is 16.3. The summed E-state index contributed by atoms with van der Waals surface area (Å²) in [7, 11) is 0. The molecule has 0 atom stereocenters. The summed E-state index contributed by atoms with van der Waals surface area (Å²) in [6.07, 6.45) is 8.56. The quantitative estimate of drug-likeness (QED) is 0.763. The van der Waals surface area contributed by atoms with E-state index in [9.17, 15) is 9.90 Å². The maximum atomic E-state index is 12.4. The van der Waals surface area contributed by atoms with E-state index in [-0.39, 0.29) is 12.5 Å². The van der Waals surface area contributed by atoms with Crippen molar-refractivity contribution in [1.29, 1.82) is 0 Å². The number of carbonyl (C=O) groups is 1. The van der Waals surface area contributed by atoms with Crippen LogP contribution in [0.3, 0.4) is 0 Å². The molecule has 2 fully saturated rings. The number of carbonyl (C=O) groups excluding carboxylic acids is 1. The minimum atomic E-state index is 0.152. The molecule has 0 bridgehead atoms. The van der Waals surface area contributed by atoms with Gasteiger partial charge in [-0.2, -0.15) is 0 Å². The van der Waals surface area contributed by atoms with E-state index in [0.29, 0.717) is 25.2 Å². The first-order valence-corrected chi connectivity index (χ1v) is 7.90. The summed E-state index contributed by atoms with van der Waals surface area (Å²) in [5.41, 5.74) is 0. The Morgan fingerprint density at radius 2 is 1.79 bits per heavy atom. The van der Waals surface area contributed by atoms with Gasteiger partial charge in [0.15, 0.2) is 0 Å². The van der Waals surface area contributed by atoms with E-state index in [2.05, 4.69) is 11.8 Å². The molecule has 4 heteroatoms. The minimum Gasteiger partial charge on any atom is -0.395 e. The molecule has 1 N–H and O–H groups in total. The number of hydrogen-bond acceptors (Lipinski definition) is 3. The molecule has 0 radical (unpaired) electrons. The third-order valence-corrected chi connectivity index (χ3v) is 4.47. The van der Waals surface area contributed by atoms with Gasteiger partial charge in [0, 0.05) is 25.2 Å². The van der Waals surface area contributed by atoms with Crippen LogP contribution in [-0.4, -0.2) is 59.1 Å². The summed E-state index contributed by atoms with van der Waals surface area (Å²) < 4.78 is 0. The lowest BCUT2D eigenvalue weighted by Crippen LogP contribution is -2.47. The molecule has 2 aliphatic carbocycles. The van der Waals surface area contributed by atoms with Gasteiger partial charge in [0.1, 0.15) is 0 Å². The molecule has 19 heavy (non-hydrogen) atoms. The van der Waals surface area contributed by atoms with Gasteiger partial charge >= 0.3 is 0 Å². The molecule has 2 rings (SSSR count). The molecule has 0 unspecified atom stereocenters. The van der Waals surface area contributed by atoms with Crippen LogP contribution in [0.5, 0.6) is 0 Å². The topological polar surface area (TPSA) is 43.8 Å². The highest BCUT2D eigenvalue weighted by Gasteiger charge is 2.32. The second-order valence-electron chi connectivity index (χ2n) is 5.90. The van der Waals surface area contributed by atoms with Crippen LogP contribution in [0.1, 0.15) is 51.9 Å². The lowest BCUT2D eigenvalue weighted by atomic mass is 9.94. The van der Waals surface area contributed by atoms with Crippen LogP contribution in [0.15, 0.2) is 0 Å². The van der Waals surface area contributed by atoms with Crippen LogP contribution in [0, 0.1) is 0 Å². The molecule has 2 aliphatic rings. The van der Waals surface area contributed by atoms with Gasteiger partial charge < -0.3 is 10.0 Å². The number of rotatable bonds is 7. The predicted octanol–water partition coefficient (Wildman–Crippen LogP) is 1.62. The Morgan fingerprint density at radius 1 is 1.11 bits per heavy atom. The highest BCUT2D eigenvalue weighted by molar-refractivity contribution is 5.79. The molecule has 0 aromatic rings. The van der Waals surface area contributed by atoms with Crippen molar-refractivity contribution in [2.75, 3.05) is 26.2 Å². The lowest BCUT2D eigenvalue weighted by molar-refractivity contribution is -0.133. The van der Waals surface area contributed by atoms with Crippen molar-refractivity contribution >= 4 is 5.91 Å². The Balaban J connectivity index is 1.88. The average molecular weight is 268 g/mol. The zero-order chi connectivity index (χ0) is 13.7. The predicted molar refractivity (Wildman–Crippen MR) is 75.9 cm³/mol. The van der Waals surface area contributed by atoms with E-state index in [0.717, 1.165) is 6.54 Å². The van der Waals surface area contributed by atoms with E-state index in [1.807, 2.05) is 4.90 Å².